The smallest absolute Gasteiger partial charge is 0.132 e. The van der Waals surface area contributed by atoms with Crippen molar-refractivity contribution in [1.29, 1.82) is 0 Å². The molecule has 0 radical (unpaired) electrons. The zero-order valence-electron chi connectivity index (χ0n) is 10.2. The molecule has 1 aromatic heterocycles. The lowest BCUT2D eigenvalue weighted by Gasteiger charge is -1.99. The van der Waals surface area contributed by atoms with E-state index in [0.717, 1.165) is 5.56 Å². The lowest BCUT2D eigenvalue weighted by atomic mass is 10.1. The molecule has 94 valence electrons. The van der Waals surface area contributed by atoms with Gasteiger partial charge in [-0.25, -0.2) is 9.07 Å². The van der Waals surface area contributed by atoms with Crippen LogP contribution >= 0.6 is 0 Å². The van der Waals surface area contributed by atoms with Gasteiger partial charge in [-0.1, -0.05) is 47.7 Å². The molecule has 0 aliphatic rings. The van der Waals surface area contributed by atoms with E-state index in [1.54, 1.807) is 29.1 Å². The van der Waals surface area contributed by atoms with Crippen molar-refractivity contribution in [2.45, 2.75) is 6.54 Å². The molecule has 0 spiro atoms. The van der Waals surface area contributed by atoms with Crippen LogP contribution in [0.3, 0.4) is 0 Å². The Kier molecular flexibility index (Phi) is 3.06. The number of rotatable bonds is 3. The van der Waals surface area contributed by atoms with Crippen LogP contribution in [-0.4, -0.2) is 15.0 Å². The van der Waals surface area contributed by atoms with Crippen molar-refractivity contribution in [2.24, 2.45) is 0 Å². The molecule has 1 heterocycles. The molecule has 0 N–H and O–H groups in total. The summed E-state index contributed by atoms with van der Waals surface area (Å²) >= 11 is 0. The van der Waals surface area contributed by atoms with Gasteiger partial charge in [-0.3, -0.25) is 0 Å². The number of hydrogen-bond acceptors (Lipinski definition) is 2. The molecule has 0 amide bonds. The van der Waals surface area contributed by atoms with Crippen LogP contribution in [0.4, 0.5) is 4.39 Å². The zero-order chi connectivity index (χ0) is 13.1. The van der Waals surface area contributed by atoms with Gasteiger partial charge >= 0.3 is 0 Å². The molecule has 0 bridgehead atoms. The molecular weight excluding hydrogens is 241 g/mol. The quantitative estimate of drug-likeness (QED) is 0.718. The number of halogens is 1. The molecule has 3 rings (SSSR count). The van der Waals surface area contributed by atoms with Gasteiger partial charge in [-0.15, -0.1) is 5.10 Å². The molecule has 0 unspecified atom stereocenters. The standard InChI is InChI=1S/C15H12FN3/c16-14-9-5-4-8-13(14)15-11-19(18-17-15)10-12-6-2-1-3-7-12/h1-9,11H,10H2. The van der Waals surface area contributed by atoms with Crippen LogP contribution in [-0.2, 0) is 6.54 Å². The normalized spacial score (nSPS) is 10.6. The summed E-state index contributed by atoms with van der Waals surface area (Å²) in [4.78, 5) is 0. The Morgan fingerprint density at radius 3 is 2.47 bits per heavy atom. The molecule has 0 fully saturated rings. The van der Waals surface area contributed by atoms with Crippen LogP contribution in [0.15, 0.2) is 60.8 Å². The van der Waals surface area contributed by atoms with Gasteiger partial charge in [0.2, 0.25) is 0 Å². The first-order chi connectivity index (χ1) is 9.33. The maximum Gasteiger partial charge on any atom is 0.132 e. The highest BCUT2D eigenvalue weighted by atomic mass is 19.1. The fourth-order valence-electron chi connectivity index (χ4n) is 1.94. The Morgan fingerprint density at radius 2 is 1.68 bits per heavy atom. The Labute approximate surface area is 110 Å². The lowest BCUT2D eigenvalue weighted by molar-refractivity contribution is 0.630. The molecule has 2 aromatic carbocycles. The molecule has 19 heavy (non-hydrogen) atoms. The summed E-state index contributed by atoms with van der Waals surface area (Å²) in [6, 6.07) is 16.5. The van der Waals surface area contributed by atoms with Crippen molar-refractivity contribution in [1.82, 2.24) is 15.0 Å². The van der Waals surface area contributed by atoms with Crippen LogP contribution in [0.25, 0.3) is 11.3 Å². The minimum Gasteiger partial charge on any atom is -0.247 e. The molecular formula is C15H12FN3. The highest BCUT2D eigenvalue weighted by Crippen LogP contribution is 2.19. The van der Waals surface area contributed by atoms with E-state index in [1.807, 2.05) is 30.3 Å². The maximum atomic E-state index is 13.6. The molecule has 4 heteroatoms. The van der Waals surface area contributed by atoms with Crippen molar-refractivity contribution in [2.75, 3.05) is 0 Å². The summed E-state index contributed by atoms with van der Waals surface area (Å²) in [5.74, 6) is -0.283. The fraction of sp³-hybridized carbons (Fsp3) is 0.0667. The largest absolute Gasteiger partial charge is 0.247 e. The van der Waals surface area contributed by atoms with E-state index in [9.17, 15) is 4.39 Å². The second-order valence-corrected chi connectivity index (χ2v) is 4.27. The van der Waals surface area contributed by atoms with E-state index in [4.69, 9.17) is 0 Å². The Hall–Kier alpha value is -2.49. The van der Waals surface area contributed by atoms with Gasteiger partial charge in [0.1, 0.15) is 11.5 Å². The van der Waals surface area contributed by atoms with Gasteiger partial charge in [-0.05, 0) is 17.7 Å². The number of benzene rings is 2. The van der Waals surface area contributed by atoms with E-state index >= 15 is 0 Å². The predicted molar refractivity (Wildman–Crippen MR) is 71.0 cm³/mol. The average Bonchev–Trinajstić information content (AvgIpc) is 2.89. The molecule has 3 aromatic rings. The number of hydrogen-bond donors (Lipinski definition) is 0. The van der Waals surface area contributed by atoms with Crippen molar-refractivity contribution in [3.8, 4) is 11.3 Å². The first kappa shape index (κ1) is 11.6. The van der Waals surface area contributed by atoms with Gasteiger partial charge < -0.3 is 0 Å². The van der Waals surface area contributed by atoms with E-state index in [-0.39, 0.29) is 5.82 Å². The summed E-state index contributed by atoms with van der Waals surface area (Å²) in [6.07, 6.45) is 1.76. The summed E-state index contributed by atoms with van der Waals surface area (Å²) in [7, 11) is 0. The second kappa shape index (κ2) is 5.02. The summed E-state index contributed by atoms with van der Waals surface area (Å²) in [6.45, 7) is 0.627. The number of aromatic nitrogens is 3. The highest BCUT2D eigenvalue weighted by molar-refractivity contribution is 5.58. The van der Waals surface area contributed by atoms with E-state index < -0.39 is 0 Å². The van der Waals surface area contributed by atoms with Crippen LogP contribution < -0.4 is 0 Å². The molecule has 3 nitrogen and oxygen atoms in total. The maximum absolute atomic E-state index is 13.6. The van der Waals surface area contributed by atoms with Crippen LogP contribution in [0.2, 0.25) is 0 Å². The second-order valence-electron chi connectivity index (χ2n) is 4.27. The average molecular weight is 253 g/mol. The van der Waals surface area contributed by atoms with Crippen molar-refractivity contribution >= 4 is 0 Å². The first-order valence-corrected chi connectivity index (χ1v) is 6.02. The van der Waals surface area contributed by atoms with E-state index in [1.165, 1.54) is 6.07 Å². The van der Waals surface area contributed by atoms with Crippen LogP contribution in [0, 0.1) is 5.82 Å². The fourth-order valence-corrected chi connectivity index (χ4v) is 1.94. The molecule has 0 atom stereocenters. The van der Waals surface area contributed by atoms with Gasteiger partial charge in [0.25, 0.3) is 0 Å². The predicted octanol–water partition coefficient (Wildman–Crippen LogP) is 3.13. The van der Waals surface area contributed by atoms with Crippen LogP contribution in [0.5, 0.6) is 0 Å². The van der Waals surface area contributed by atoms with Gasteiger partial charge in [0, 0.05) is 5.56 Å². The Bertz CT molecular complexity index is 677. The Balaban J connectivity index is 1.86. The van der Waals surface area contributed by atoms with Crippen molar-refractivity contribution in [3.63, 3.8) is 0 Å². The zero-order valence-corrected chi connectivity index (χ0v) is 10.2. The summed E-state index contributed by atoms with van der Waals surface area (Å²) < 4.78 is 15.3. The molecule has 0 saturated heterocycles. The molecule has 0 aliphatic carbocycles. The van der Waals surface area contributed by atoms with Crippen molar-refractivity contribution < 1.29 is 4.39 Å². The minimum absolute atomic E-state index is 0.283. The van der Waals surface area contributed by atoms with Gasteiger partial charge in [0.05, 0.1) is 12.7 Å². The number of nitrogens with zero attached hydrogens (tertiary/aromatic N) is 3. The highest BCUT2D eigenvalue weighted by Gasteiger charge is 2.08. The van der Waals surface area contributed by atoms with Gasteiger partial charge in [-0.2, -0.15) is 0 Å². The lowest BCUT2D eigenvalue weighted by Crippen LogP contribution is -1.99. The van der Waals surface area contributed by atoms with Crippen LogP contribution in [0.1, 0.15) is 5.56 Å². The van der Waals surface area contributed by atoms with Gasteiger partial charge in [0.15, 0.2) is 0 Å². The molecule has 0 saturated carbocycles. The third-order valence-corrected chi connectivity index (χ3v) is 2.88. The minimum atomic E-state index is -0.283. The van der Waals surface area contributed by atoms with E-state index in [2.05, 4.69) is 10.3 Å². The first-order valence-electron chi connectivity index (χ1n) is 6.02. The topological polar surface area (TPSA) is 30.7 Å². The summed E-state index contributed by atoms with van der Waals surface area (Å²) in [5.41, 5.74) is 2.16. The Morgan fingerprint density at radius 1 is 0.947 bits per heavy atom. The SMILES string of the molecule is Fc1ccccc1-c1cn(Cc2ccccc2)nn1. The summed E-state index contributed by atoms with van der Waals surface area (Å²) in [5, 5.41) is 8.05. The monoisotopic (exact) mass is 253 g/mol. The molecule has 0 aliphatic heterocycles. The van der Waals surface area contributed by atoms with E-state index in [0.29, 0.717) is 17.8 Å². The third-order valence-electron chi connectivity index (χ3n) is 2.88. The van der Waals surface area contributed by atoms with Crippen molar-refractivity contribution in [3.05, 3.63) is 72.2 Å². The third kappa shape index (κ3) is 2.52.